The van der Waals surface area contributed by atoms with Crippen LogP contribution >= 0.6 is 23.2 Å². The van der Waals surface area contributed by atoms with E-state index in [0.717, 1.165) is 0 Å². The molecule has 0 aliphatic carbocycles. The van der Waals surface area contributed by atoms with Gasteiger partial charge in [0.05, 0.1) is 16.6 Å². The van der Waals surface area contributed by atoms with E-state index < -0.39 is 16.7 Å². The Morgan fingerprint density at radius 1 is 1.00 bits per heavy atom. The van der Waals surface area contributed by atoms with Gasteiger partial charge in [-0.1, -0.05) is 23.2 Å². The van der Waals surface area contributed by atoms with Gasteiger partial charge in [-0.2, -0.15) is 0 Å². The smallest absolute Gasteiger partial charge is 0.276 e. The topological polar surface area (TPSA) is 120 Å². The van der Waals surface area contributed by atoms with Crippen molar-refractivity contribution in [3.63, 3.8) is 0 Å². The van der Waals surface area contributed by atoms with Crippen LogP contribution in [0.25, 0.3) is 0 Å². The van der Waals surface area contributed by atoms with Crippen LogP contribution < -0.4 is 20.3 Å². The third kappa shape index (κ3) is 7.84. The average molecular weight is 442 g/mol. The summed E-state index contributed by atoms with van der Waals surface area (Å²) in [5.41, 5.74) is 4.37. The van der Waals surface area contributed by atoms with Crippen molar-refractivity contribution in [3.8, 4) is 11.5 Å². The molecule has 0 unspecified atom stereocenters. The van der Waals surface area contributed by atoms with E-state index in [-0.39, 0.29) is 31.1 Å². The lowest BCUT2D eigenvalue weighted by atomic mass is 10.3. The molecule has 154 valence electrons. The van der Waals surface area contributed by atoms with Gasteiger partial charge in [-0.15, -0.1) is 0 Å². The largest absolute Gasteiger partial charge is 0.492 e. The first-order chi connectivity index (χ1) is 13.8. The van der Waals surface area contributed by atoms with Crippen LogP contribution in [-0.4, -0.2) is 30.0 Å². The van der Waals surface area contributed by atoms with Crippen LogP contribution in [0.1, 0.15) is 12.8 Å². The third-order valence-corrected chi connectivity index (χ3v) is 3.99. The lowest BCUT2D eigenvalue weighted by Crippen LogP contribution is -2.43. The Balaban J connectivity index is 1.60. The second kappa shape index (κ2) is 11.1. The number of hydrogen-bond acceptors (Lipinski definition) is 6. The molecule has 0 heterocycles. The summed E-state index contributed by atoms with van der Waals surface area (Å²) in [5, 5.41) is 11.4. The molecule has 2 N–H and O–H groups in total. The number of nitrogens with one attached hydrogen (secondary N) is 2. The summed E-state index contributed by atoms with van der Waals surface area (Å²) < 4.78 is 10.6. The van der Waals surface area contributed by atoms with Gasteiger partial charge in [-0.05, 0) is 36.8 Å². The van der Waals surface area contributed by atoms with Crippen molar-refractivity contribution >= 4 is 40.7 Å². The van der Waals surface area contributed by atoms with Gasteiger partial charge in [0.1, 0.15) is 11.5 Å². The second-order valence-corrected chi connectivity index (χ2v) is 6.51. The lowest BCUT2D eigenvalue weighted by molar-refractivity contribution is -0.384. The second-order valence-electron chi connectivity index (χ2n) is 5.66. The Hall–Kier alpha value is -3.04. The van der Waals surface area contributed by atoms with Crippen molar-refractivity contribution in [1.82, 2.24) is 10.9 Å². The predicted molar refractivity (Wildman–Crippen MR) is 106 cm³/mol. The maximum atomic E-state index is 11.7. The number of nitro benzene ring substituents is 1. The molecule has 0 fully saturated rings. The Morgan fingerprint density at radius 2 is 1.69 bits per heavy atom. The Bertz CT molecular complexity index is 876. The van der Waals surface area contributed by atoms with Crippen LogP contribution in [0.4, 0.5) is 5.69 Å². The van der Waals surface area contributed by atoms with Gasteiger partial charge in [0.2, 0.25) is 5.91 Å². The maximum Gasteiger partial charge on any atom is 0.276 e. The number of carbonyl (C=O) groups is 2. The zero-order valence-corrected chi connectivity index (χ0v) is 16.5. The van der Waals surface area contributed by atoms with Crippen molar-refractivity contribution in [2.24, 2.45) is 0 Å². The molecule has 0 aromatic heterocycles. The number of amides is 2. The molecule has 29 heavy (non-hydrogen) atoms. The molecule has 0 saturated carbocycles. The highest BCUT2D eigenvalue weighted by molar-refractivity contribution is 6.35. The van der Waals surface area contributed by atoms with Gasteiger partial charge in [0.25, 0.3) is 11.6 Å². The minimum atomic E-state index is -0.583. The first-order valence-electron chi connectivity index (χ1n) is 8.38. The van der Waals surface area contributed by atoms with Crippen LogP contribution in [0.3, 0.4) is 0 Å². The summed E-state index contributed by atoms with van der Waals surface area (Å²) >= 11 is 11.8. The van der Waals surface area contributed by atoms with E-state index in [2.05, 4.69) is 10.9 Å². The van der Waals surface area contributed by atoms with Gasteiger partial charge in [-0.25, -0.2) is 0 Å². The van der Waals surface area contributed by atoms with Crippen molar-refractivity contribution in [1.29, 1.82) is 0 Å². The molecule has 0 bridgehead atoms. The van der Waals surface area contributed by atoms with Crippen molar-refractivity contribution in [3.05, 3.63) is 62.6 Å². The summed E-state index contributed by atoms with van der Waals surface area (Å²) in [7, 11) is 0. The maximum absolute atomic E-state index is 11.7. The van der Waals surface area contributed by atoms with E-state index in [1.165, 1.54) is 24.3 Å². The van der Waals surface area contributed by atoms with E-state index in [4.69, 9.17) is 32.7 Å². The Kier molecular flexibility index (Phi) is 8.50. The highest BCUT2D eigenvalue weighted by Gasteiger charge is 2.08. The van der Waals surface area contributed by atoms with E-state index in [9.17, 15) is 19.7 Å². The predicted octanol–water partition coefficient (Wildman–Crippen LogP) is 3.29. The summed E-state index contributed by atoms with van der Waals surface area (Å²) in [6, 6.07) is 10.1. The number of nitrogens with zero attached hydrogens (tertiary/aromatic N) is 1. The van der Waals surface area contributed by atoms with Crippen LogP contribution in [0.15, 0.2) is 42.5 Å². The Labute approximate surface area is 176 Å². The monoisotopic (exact) mass is 441 g/mol. The molecule has 0 spiro atoms. The van der Waals surface area contributed by atoms with Crippen LogP contribution in [0.5, 0.6) is 11.5 Å². The number of hydrogen-bond donors (Lipinski definition) is 2. The van der Waals surface area contributed by atoms with Gasteiger partial charge >= 0.3 is 0 Å². The number of nitro groups is 1. The van der Waals surface area contributed by atoms with E-state index in [1.54, 1.807) is 18.2 Å². The molecule has 2 aromatic carbocycles. The normalized spacial score (nSPS) is 10.1. The number of hydrazine groups is 1. The van der Waals surface area contributed by atoms with Crippen LogP contribution in [-0.2, 0) is 9.59 Å². The van der Waals surface area contributed by atoms with E-state index >= 15 is 0 Å². The van der Waals surface area contributed by atoms with Gasteiger partial charge < -0.3 is 9.47 Å². The summed E-state index contributed by atoms with van der Waals surface area (Å²) in [4.78, 5) is 33.4. The molecule has 0 aliphatic heterocycles. The molecule has 0 aliphatic rings. The Morgan fingerprint density at radius 3 is 2.34 bits per heavy atom. The first kappa shape index (κ1) is 22.3. The summed E-state index contributed by atoms with van der Waals surface area (Å²) in [5.74, 6) is -0.233. The minimum Gasteiger partial charge on any atom is -0.492 e. The van der Waals surface area contributed by atoms with E-state index in [1.807, 2.05) is 0 Å². The molecule has 2 rings (SSSR count). The highest BCUT2D eigenvalue weighted by atomic mass is 35.5. The molecule has 0 atom stereocenters. The SMILES string of the molecule is O=C(CCCOc1ccc(Cl)cc1Cl)NNC(=O)COc1ccc([N+](=O)[O-])cc1. The first-order valence-corrected chi connectivity index (χ1v) is 9.13. The summed E-state index contributed by atoms with van der Waals surface area (Å²) in [6.07, 6.45) is 0.522. The highest BCUT2D eigenvalue weighted by Crippen LogP contribution is 2.27. The fraction of sp³-hybridized carbons (Fsp3) is 0.222. The fourth-order valence-electron chi connectivity index (χ4n) is 2.06. The number of benzene rings is 2. The molecular weight excluding hydrogens is 425 g/mol. The standard InChI is InChI=1S/C18H17Cl2N3O6/c19-12-3-8-16(15(20)10-12)28-9-1-2-17(24)21-22-18(25)11-29-14-6-4-13(5-7-14)23(26)27/h3-8,10H,1-2,9,11H2,(H,21,24)(H,22,25). The van der Waals surface area contributed by atoms with Gasteiger partial charge in [-0.3, -0.25) is 30.6 Å². The van der Waals surface area contributed by atoms with Crippen molar-refractivity contribution in [2.45, 2.75) is 12.8 Å². The van der Waals surface area contributed by atoms with Crippen molar-refractivity contribution in [2.75, 3.05) is 13.2 Å². The number of rotatable bonds is 9. The van der Waals surface area contributed by atoms with Gasteiger partial charge in [0, 0.05) is 23.6 Å². The number of non-ortho nitro benzene ring substituents is 1. The van der Waals surface area contributed by atoms with Crippen LogP contribution in [0.2, 0.25) is 10.0 Å². The molecule has 2 aromatic rings. The number of carbonyl (C=O) groups excluding carboxylic acids is 2. The molecule has 9 nitrogen and oxygen atoms in total. The fourth-order valence-corrected chi connectivity index (χ4v) is 2.52. The zero-order chi connectivity index (χ0) is 21.2. The zero-order valence-electron chi connectivity index (χ0n) is 15.0. The van der Waals surface area contributed by atoms with Crippen molar-refractivity contribution < 1.29 is 24.0 Å². The quantitative estimate of drug-likeness (QED) is 0.350. The number of halogens is 2. The molecule has 0 saturated heterocycles. The summed E-state index contributed by atoms with van der Waals surface area (Å²) in [6.45, 7) is -0.109. The molecule has 11 heteroatoms. The molecule has 2 amide bonds. The molecular formula is C18H17Cl2N3O6. The lowest BCUT2D eigenvalue weighted by Gasteiger charge is -2.10. The molecule has 0 radical (unpaired) electrons. The van der Waals surface area contributed by atoms with E-state index in [0.29, 0.717) is 22.2 Å². The van der Waals surface area contributed by atoms with Crippen LogP contribution in [0, 0.1) is 10.1 Å². The number of ether oxygens (including phenoxy) is 2. The van der Waals surface area contributed by atoms with Gasteiger partial charge in [0.15, 0.2) is 6.61 Å². The minimum absolute atomic E-state index is 0.0867. The third-order valence-electron chi connectivity index (χ3n) is 3.46. The average Bonchev–Trinajstić information content (AvgIpc) is 2.69.